The molecule has 3 heterocycles. The molecule has 0 spiro atoms. The van der Waals surface area contributed by atoms with E-state index in [1.54, 1.807) is 0 Å². The lowest BCUT2D eigenvalue weighted by Gasteiger charge is -2.43. The molecule has 5 heteroatoms. The zero-order chi connectivity index (χ0) is 18.9. The van der Waals surface area contributed by atoms with E-state index in [0.717, 1.165) is 68.3 Å². The van der Waals surface area contributed by atoms with Gasteiger partial charge in [-0.2, -0.15) is 0 Å². The number of nitrogens with zero attached hydrogens (tertiary/aromatic N) is 3. The van der Waals surface area contributed by atoms with Gasteiger partial charge in [-0.25, -0.2) is 9.97 Å². The van der Waals surface area contributed by atoms with Gasteiger partial charge in [-0.1, -0.05) is 31.5 Å². The summed E-state index contributed by atoms with van der Waals surface area (Å²) in [6, 6.07) is 8.22. The fraction of sp³-hybridized carbons (Fsp3) is 0.545. The van der Waals surface area contributed by atoms with Gasteiger partial charge in [0.2, 0.25) is 0 Å². The third-order valence-corrected chi connectivity index (χ3v) is 5.96. The number of hydrogen-bond acceptors (Lipinski definition) is 5. The van der Waals surface area contributed by atoms with Crippen LogP contribution in [0.25, 0.3) is 0 Å². The van der Waals surface area contributed by atoms with Gasteiger partial charge < -0.3 is 14.7 Å². The third-order valence-electron chi connectivity index (χ3n) is 5.96. The van der Waals surface area contributed by atoms with Crippen molar-refractivity contribution < 1.29 is 9.84 Å². The van der Waals surface area contributed by atoms with E-state index >= 15 is 0 Å². The third kappa shape index (κ3) is 3.53. The predicted octanol–water partition coefficient (Wildman–Crippen LogP) is 3.65. The molecule has 2 aliphatic heterocycles. The molecule has 4 rings (SSSR count). The maximum Gasteiger partial charge on any atom is 0.136 e. The first-order chi connectivity index (χ1) is 13.1. The molecular weight excluding hydrogens is 338 g/mol. The molecule has 0 saturated carbocycles. The zero-order valence-electron chi connectivity index (χ0n) is 16.4. The van der Waals surface area contributed by atoms with Gasteiger partial charge in [0.05, 0.1) is 12.3 Å². The highest BCUT2D eigenvalue weighted by Crippen LogP contribution is 2.38. The van der Waals surface area contributed by atoms with Crippen molar-refractivity contribution in [1.29, 1.82) is 0 Å². The first-order valence-electron chi connectivity index (χ1n) is 10.1. The second-order valence-corrected chi connectivity index (χ2v) is 8.03. The number of ether oxygens (including phenoxy) is 1. The minimum atomic E-state index is -0.0160. The van der Waals surface area contributed by atoms with E-state index in [2.05, 4.69) is 24.0 Å². The minimum Gasteiger partial charge on any atom is -0.487 e. The van der Waals surface area contributed by atoms with Gasteiger partial charge in [0, 0.05) is 30.5 Å². The summed E-state index contributed by atoms with van der Waals surface area (Å²) in [5, 5.41) is 10.1. The number of rotatable bonds is 4. The summed E-state index contributed by atoms with van der Waals surface area (Å²) in [6.07, 6.45) is 5.11. The van der Waals surface area contributed by atoms with Crippen LogP contribution in [-0.2, 0) is 13.0 Å². The molecule has 2 aliphatic rings. The summed E-state index contributed by atoms with van der Waals surface area (Å²) < 4.78 is 6.02. The van der Waals surface area contributed by atoms with Crippen LogP contribution in [0.15, 0.2) is 24.3 Å². The largest absolute Gasteiger partial charge is 0.487 e. The first-order valence-corrected chi connectivity index (χ1v) is 10.1. The SMILES string of the molecule is CCC[C@@]1(CO)CCCN(c2nc(C)nc3c2Cc2ccccc2OC3)C1. The van der Waals surface area contributed by atoms with Crippen molar-refractivity contribution in [3.05, 3.63) is 46.9 Å². The van der Waals surface area contributed by atoms with E-state index in [0.29, 0.717) is 6.61 Å². The fourth-order valence-electron chi connectivity index (χ4n) is 4.66. The van der Waals surface area contributed by atoms with E-state index < -0.39 is 0 Å². The first kappa shape index (κ1) is 18.2. The average molecular weight is 367 g/mol. The molecule has 1 fully saturated rings. The summed E-state index contributed by atoms with van der Waals surface area (Å²) in [5.41, 5.74) is 3.34. The lowest BCUT2D eigenvalue weighted by Crippen LogP contribution is -2.46. The van der Waals surface area contributed by atoms with E-state index in [9.17, 15) is 5.11 Å². The maximum atomic E-state index is 10.1. The van der Waals surface area contributed by atoms with E-state index in [4.69, 9.17) is 14.7 Å². The number of benzene rings is 1. The van der Waals surface area contributed by atoms with E-state index in [1.165, 1.54) is 11.1 Å². The van der Waals surface area contributed by atoms with Crippen LogP contribution in [0.2, 0.25) is 0 Å². The Morgan fingerprint density at radius 2 is 2.11 bits per heavy atom. The lowest BCUT2D eigenvalue weighted by molar-refractivity contribution is 0.0951. The monoisotopic (exact) mass is 367 g/mol. The number of aliphatic hydroxyl groups is 1. The van der Waals surface area contributed by atoms with Crippen molar-refractivity contribution >= 4 is 5.82 Å². The molecular formula is C22H29N3O2. The molecule has 1 atom stereocenters. The Morgan fingerprint density at radius 3 is 2.93 bits per heavy atom. The van der Waals surface area contributed by atoms with Crippen molar-refractivity contribution in [2.75, 3.05) is 24.6 Å². The summed E-state index contributed by atoms with van der Waals surface area (Å²) in [4.78, 5) is 11.9. The standard InChI is InChI=1S/C22H29N3O2/c1-3-9-22(15-26)10-6-11-25(14-22)21-18-12-17-7-4-5-8-20(17)27-13-19(18)23-16(2)24-21/h4-5,7-8,26H,3,6,9-15H2,1-2H3/t22-/m1/s1. The van der Waals surface area contributed by atoms with Crippen LogP contribution in [0, 0.1) is 12.3 Å². The molecule has 0 amide bonds. The molecule has 1 saturated heterocycles. The molecule has 27 heavy (non-hydrogen) atoms. The molecule has 0 aliphatic carbocycles. The molecule has 1 N–H and O–H groups in total. The Hall–Kier alpha value is -2.14. The molecule has 0 unspecified atom stereocenters. The second kappa shape index (κ2) is 7.47. The van der Waals surface area contributed by atoms with Crippen LogP contribution in [0.4, 0.5) is 5.82 Å². The molecule has 0 bridgehead atoms. The normalized spacial score (nSPS) is 21.8. The number of hydrogen-bond donors (Lipinski definition) is 1. The summed E-state index contributed by atoms with van der Waals surface area (Å²) in [7, 11) is 0. The van der Waals surface area contributed by atoms with Crippen molar-refractivity contribution in [1.82, 2.24) is 9.97 Å². The smallest absolute Gasteiger partial charge is 0.136 e. The quantitative estimate of drug-likeness (QED) is 0.894. The van der Waals surface area contributed by atoms with Gasteiger partial charge in [0.15, 0.2) is 0 Å². The number of aromatic nitrogens is 2. The van der Waals surface area contributed by atoms with Crippen LogP contribution in [0.1, 0.15) is 55.3 Å². The van der Waals surface area contributed by atoms with Gasteiger partial charge in [0.1, 0.15) is 24.0 Å². The highest BCUT2D eigenvalue weighted by molar-refractivity contribution is 5.54. The van der Waals surface area contributed by atoms with Crippen LogP contribution >= 0.6 is 0 Å². The van der Waals surface area contributed by atoms with Crippen molar-refractivity contribution in [2.45, 2.75) is 52.6 Å². The van der Waals surface area contributed by atoms with Gasteiger partial charge in [-0.15, -0.1) is 0 Å². The summed E-state index contributed by atoms with van der Waals surface area (Å²) >= 11 is 0. The van der Waals surface area contributed by atoms with Gasteiger partial charge in [-0.3, -0.25) is 0 Å². The number of anilines is 1. The van der Waals surface area contributed by atoms with Crippen LogP contribution in [-0.4, -0.2) is 34.8 Å². The summed E-state index contributed by atoms with van der Waals surface area (Å²) in [6.45, 7) is 6.73. The average Bonchev–Trinajstić information content (AvgIpc) is 2.87. The number of para-hydroxylation sites is 1. The van der Waals surface area contributed by atoms with Gasteiger partial charge in [-0.05, 0) is 37.8 Å². The van der Waals surface area contributed by atoms with Crippen molar-refractivity contribution in [3.63, 3.8) is 0 Å². The molecule has 0 radical (unpaired) electrons. The number of aliphatic hydroxyl groups excluding tert-OH is 1. The highest BCUT2D eigenvalue weighted by Gasteiger charge is 2.36. The Labute approximate surface area is 161 Å². The maximum absolute atomic E-state index is 10.1. The van der Waals surface area contributed by atoms with E-state index in [-0.39, 0.29) is 12.0 Å². The molecule has 1 aromatic heterocycles. The fourth-order valence-corrected chi connectivity index (χ4v) is 4.66. The summed E-state index contributed by atoms with van der Waals surface area (Å²) in [5.74, 6) is 2.76. The number of fused-ring (bicyclic) bond motifs is 2. The van der Waals surface area contributed by atoms with Crippen LogP contribution in [0.5, 0.6) is 5.75 Å². The molecule has 2 aromatic rings. The minimum absolute atomic E-state index is 0.0160. The lowest BCUT2D eigenvalue weighted by atomic mass is 9.77. The number of piperidine rings is 1. The van der Waals surface area contributed by atoms with Gasteiger partial charge >= 0.3 is 0 Å². The molecule has 5 nitrogen and oxygen atoms in total. The topological polar surface area (TPSA) is 58.5 Å². The second-order valence-electron chi connectivity index (χ2n) is 8.03. The Balaban J connectivity index is 1.73. The van der Waals surface area contributed by atoms with Crippen molar-refractivity contribution in [3.8, 4) is 5.75 Å². The Kier molecular flexibility index (Phi) is 5.04. The Morgan fingerprint density at radius 1 is 1.26 bits per heavy atom. The van der Waals surface area contributed by atoms with Crippen LogP contribution < -0.4 is 9.64 Å². The van der Waals surface area contributed by atoms with E-state index in [1.807, 2.05) is 19.1 Å². The Bertz CT molecular complexity index is 819. The molecule has 1 aromatic carbocycles. The van der Waals surface area contributed by atoms with Crippen LogP contribution in [0.3, 0.4) is 0 Å². The van der Waals surface area contributed by atoms with Gasteiger partial charge in [0.25, 0.3) is 0 Å². The molecule has 144 valence electrons. The number of aryl methyl sites for hydroxylation is 1. The highest BCUT2D eigenvalue weighted by atomic mass is 16.5. The van der Waals surface area contributed by atoms with Crippen molar-refractivity contribution in [2.24, 2.45) is 5.41 Å². The predicted molar refractivity (Wildman–Crippen MR) is 106 cm³/mol. The zero-order valence-corrected chi connectivity index (χ0v) is 16.4.